The summed E-state index contributed by atoms with van der Waals surface area (Å²) >= 11 is 0. The number of carbonyl (C=O) groups excluding carboxylic acids is 2. The van der Waals surface area contributed by atoms with Crippen molar-refractivity contribution in [1.29, 1.82) is 0 Å². The third-order valence-corrected chi connectivity index (χ3v) is 3.01. The van der Waals surface area contributed by atoms with Gasteiger partial charge < -0.3 is 19.0 Å². The molecule has 0 radical (unpaired) electrons. The van der Waals surface area contributed by atoms with E-state index in [1.54, 1.807) is 0 Å². The van der Waals surface area contributed by atoms with Gasteiger partial charge in [0.15, 0.2) is 0 Å². The smallest absolute Gasteiger partial charge is 0.305 e. The summed E-state index contributed by atoms with van der Waals surface area (Å²) in [6.45, 7) is 4.98. The van der Waals surface area contributed by atoms with E-state index in [1.165, 1.54) is 6.92 Å². The van der Waals surface area contributed by atoms with E-state index >= 15 is 0 Å². The first-order valence-corrected chi connectivity index (χ1v) is 6.98. The summed E-state index contributed by atoms with van der Waals surface area (Å²) in [6, 6.07) is 0. The Morgan fingerprint density at radius 2 is 1.84 bits per heavy atom. The van der Waals surface area contributed by atoms with Crippen molar-refractivity contribution in [3.05, 3.63) is 0 Å². The Bertz CT molecular complexity index is 290. The summed E-state index contributed by atoms with van der Waals surface area (Å²) in [5, 5.41) is 0. The topological polar surface area (TPSA) is 65.1 Å². The van der Waals surface area contributed by atoms with Gasteiger partial charge in [-0.3, -0.25) is 4.79 Å². The number of esters is 1. The molecule has 0 N–H and O–H groups in total. The Hall–Kier alpha value is -0.940. The van der Waals surface area contributed by atoms with Crippen molar-refractivity contribution >= 4 is 11.8 Å². The summed E-state index contributed by atoms with van der Waals surface area (Å²) < 4.78 is 15.6. The van der Waals surface area contributed by atoms with Gasteiger partial charge in [-0.25, -0.2) is 0 Å². The normalized spacial score (nSPS) is 21.2. The highest BCUT2D eigenvalue weighted by Crippen LogP contribution is 2.25. The number of Topliss-reactive ketones (excluding diaryl/α,β-unsaturated/α-hetero) is 1. The van der Waals surface area contributed by atoms with E-state index < -0.39 is 0 Å². The Labute approximate surface area is 114 Å². The van der Waals surface area contributed by atoms with Crippen molar-refractivity contribution in [3.8, 4) is 0 Å². The van der Waals surface area contributed by atoms with Crippen LogP contribution in [0.25, 0.3) is 0 Å². The van der Waals surface area contributed by atoms with Crippen LogP contribution in [-0.4, -0.2) is 43.8 Å². The minimum absolute atomic E-state index is 0.102. The van der Waals surface area contributed by atoms with Crippen LogP contribution in [0.15, 0.2) is 0 Å². The lowest BCUT2D eigenvalue weighted by atomic mass is 10.2. The summed E-state index contributed by atoms with van der Waals surface area (Å²) in [6.07, 6.45) is 4.14. The van der Waals surface area contributed by atoms with Crippen LogP contribution in [0.5, 0.6) is 0 Å². The zero-order valence-electron chi connectivity index (χ0n) is 11.9. The number of ketones is 1. The Morgan fingerprint density at radius 3 is 2.47 bits per heavy atom. The molecule has 0 bridgehead atoms. The lowest BCUT2D eigenvalue weighted by Gasteiger charge is -2.05. The Morgan fingerprint density at radius 1 is 1.11 bits per heavy atom. The van der Waals surface area contributed by atoms with Crippen molar-refractivity contribution in [2.75, 3.05) is 19.8 Å². The molecule has 1 rings (SSSR count). The van der Waals surface area contributed by atoms with E-state index in [9.17, 15) is 9.59 Å². The molecule has 19 heavy (non-hydrogen) atoms. The molecule has 1 saturated heterocycles. The highest BCUT2D eigenvalue weighted by Gasteiger charge is 2.32. The number of carbonyl (C=O) groups is 2. The second-order valence-corrected chi connectivity index (χ2v) is 4.91. The molecule has 0 aromatic carbocycles. The van der Waals surface area contributed by atoms with Gasteiger partial charge in [0.25, 0.3) is 0 Å². The monoisotopic (exact) mass is 272 g/mol. The first kappa shape index (κ1) is 16.1. The van der Waals surface area contributed by atoms with Gasteiger partial charge in [-0.1, -0.05) is 0 Å². The van der Waals surface area contributed by atoms with Crippen molar-refractivity contribution in [2.24, 2.45) is 0 Å². The number of epoxide rings is 1. The summed E-state index contributed by atoms with van der Waals surface area (Å²) in [5.41, 5.74) is 0. The fraction of sp³-hybridized carbons (Fsp3) is 0.857. The van der Waals surface area contributed by atoms with Gasteiger partial charge in [0.1, 0.15) is 12.4 Å². The lowest BCUT2D eigenvalue weighted by Crippen LogP contribution is -2.11. The molecule has 1 aliphatic heterocycles. The third kappa shape index (κ3) is 8.72. The van der Waals surface area contributed by atoms with E-state index in [1.807, 2.05) is 0 Å². The minimum atomic E-state index is -0.259. The second-order valence-electron chi connectivity index (χ2n) is 4.91. The van der Waals surface area contributed by atoms with E-state index in [0.29, 0.717) is 44.7 Å². The predicted octanol–water partition coefficient (Wildman–Crippen LogP) is 1.87. The van der Waals surface area contributed by atoms with Gasteiger partial charge >= 0.3 is 5.97 Å². The molecule has 110 valence electrons. The van der Waals surface area contributed by atoms with E-state index in [-0.39, 0.29) is 18.4 Å². The minimum Gasteiger partial charge on any atom is -0.463 e. The Balaban J connectivity index is 1.79. The number of hydrogen-bond donors (Lipinski definition) is 0. The van der Waals surface area contributed by atoms with Crippen molar-refractivity contribution in [1.82, 2.24) is 0 Å². The SMILES string of the molecule is CC(=O)CCCC(=O)OCCOCCCC1OC1C. The molecular formula is C14H24O5. The molecule has 1 fully saturated rings. The Kier molecular flexibility index (Phi) is 7.67. The van der Waals surface area contributed by atoms with E-state index in [2.05, 4.69) is 6.92 Å². The average molecular weight is 272 g/mol. The quantitative estimate of drug-likeness (QED) is 0.326. The summed E-state index contributed by atoms with van der Waals surface area (Å²) in [4.78, 5) is 21.9. The number of ether oxygens (including phenoxy) is 3. The van der Waals surface area contributed by atoms with Gasteiger partial charge in [0, 0.05) is 19.4 Å². The van der Waals surface area contributed by atoms with Gasteiger partial charge in [-0.05, 0) is 33.1 Å². The van der Waals surface area contributed by atoms with Crippen LogP contribution < -0.4 is 0 Å². The average Bonchev–Trinajstić information content (AvgIpc) is 3.03. The highest BCUT2D eigenvalue weighted by molar-refractivity contribution is 5.76. The fourth-order valence-electron chi connectivity index (χ4n) is 1.79. The molecule has 1 heterocycles. The van der Waals surface area contributed by atoms with E-state index in [4.69, 9.17) is 14.2 Å². The summed E-state index contributed by atoms with van der Waals surface area (Å²) in [5.74, 6) is -0.157. The number of rotatable bonds is 11. The first-order chi connectivity index (χ1) is 9.09. The van der Waals surface area contributed by atoms with Crippen LogP contribution in [0.4, 0.5) is 0 Å². The first-order valence-electron chi connectivity index (χ1n) is 6.98. The molecule has 2 unspecified atom stereocenters. The third-order valence-electron chi connectivity index (χ3n) is 3.01. The van der Waals surface area contributed by atoms with Crippen LogP contribution in [-0.2, 0) is 23.8 Å². The second kappa shape index (κ2) is 9.04. The maximum Gasteiger partial charge on any atom is 0.305 e. The molecule has 0 spiro atoms. The predicted molar refractivity (Wildman–Crippen MR) is 69.9 cm³/mol. The van der Waals surface area contributed by atoms with Gasteiger partial charge in [0.05, 0.1) is 18.8 Å². The van der Waals surface area contributed by atoms with Crippen LogP contribution >= 0.6 is 0 Å². The lowest BCUT2D eigenvalue weighted by molar-refractivity contribution is -0.145. The molecule has 0 saturated carbocycles. The zero-order chi connectivity index (χ0) is 14.1. The molecule has 0 aliphatic carbocycles. The van der Waals surface area contributed by atoms with E-state index in [0.717, 1.165) is 12.8 Å². The molecule has 1 aliphatic rings. The molecule has 0 aromatic heterocycles. The van der Waals surface area contributed by atoms with Gasteiger partial charge in [-0.15, -0.1) is 0 Å². The molecule has 0 aromatic rings. The highest BCUT2D eigenvalue weighted by atomic mass is 16.6. The molecule has 5 heteroatoms. The zero-order valence-corrected chi connectivity index (χ0v) is 11.9. The fourth-order valence-corrected chi connectivity index (χ4v) is 1.79. The van der Waals surface area contributed by atoms with Crippen molar-refractivity contribution in [2.45, 2.75) is 58.2 Å². The summed E-state index contributed by atoms with van der Waals surface area (Å²) in [7, 11) is 0. The molecule has 0 amide bonds. The van der Waals surface area contributed by atoms with Crippen LogP contribution in [0.1, 0.15) is 46.0 Å². The van der Waals surface area contributed by atoms with Gasteiger partial charge in [0.2, 0.25) is 0 Å². The standard InChI is InChI=1S/C14H24O5/c1-11(15)5-3-7-14(16)18-10-9-17-8-4-6-13-12(2)19-13/h12-13H,3-10H2,1-2H3. The van der Waals surface area contributed by atoms with Crippen LogP contribution in [0, 0.1) is 0 Å². The maximum absolute atomic E-state index is 11.2. The van der Waals surface area contributed by atoms with Crippen molar-refractivity contribution in [3.63, 3.8) is 0 Å². The van der Waals surface area contributed by atoms with Crippen molar-refractivity contribution < 1.29 is 23.8 Å². The molecule has 2 atom stereocenters. The maximum atomic E-state index is 11.2. The van der Waals surface area contributed by atoms with Gasteiger partial charge in [-0.2, -0.15) is 0 Å². The largest absolute Gasteiger partial charge is 0.463 e. The van der Waals surface area contributed by atoms with Crippen LogP contribution in [0.3, 0.4) is 0 Å². The number of hydrogen-bond acceptors (Lipinski definition) is 5. The molecular weight excluding hydrogens is 248 g/mol. The molecule has 5 nitrogen and oxygen atoms in total. The van der Waals surface area contributed by atoms with Crippen LogP contribution in [0.2, 0.25) is 0 Å².